The predicted octanol–water partition coefficient (Wildman–Crippen LogP) is 0.510. The molecule has 0 saturated carbocycles. The van der Waals surface area contributed by atoms with Crippen LogP contribution in [0.25, 0.3) is 0 Å². The Morgan fingerprint density at radius 2 is 2.47 bits per heavy atom. The molecule has 0 atom stereocenters. The highest BCUT2D eigenvalue weighted by Gasteiger charge is 2.29. The molecule has 6 heteroatoms. The molecule has 1 aliphatic rings. The van der Waals surface area contributed by atoms with Crippen molar-refractivity contribution in [2.45, 2.75) is 26.8 Å². The average Bonchev–Trinajstić information content (AvgIpc) is 2.85. The number of rotatable bonds is 3. The first-order chi connectivity index (χ1) is 8.00. The van der Waals surface area contributed by atoms with E-state index in [4.69, 9.17) is 10.4 Å². The molecule has 1 aromatic rings. The average molecular weight is 238 g/mol. The molecule has 94 valence electrons. The Balaban J connectivity index is 1.96. The molecule has 3 N–H and O–H groups in total. The van der Waals surface area contributed by atoms with Crippen molar-refractivity contribution < 1.29 is 9.32 Å². The molecule has 0 unspecified atom stereocenters. The zero-order valence-electron chi connectivity index (χ0n) is 10.2. The predicted molar refractivity (Wildman–Crippen MR) is 61.8 cm³/mol. The molecule has 0 aromatic carbocycles. The molecule has 1 aromatic heterocycles. The van der Waals surface area contributed by atoms with Gasteiger partial charge in [0, 0.05) is 12.6 Å². The van der Waals surface area contributed by atoms with Crippen LogP contribution in [0, 0.1) is 5.41 Å². The Kier molecular flexibility index (Phi) is 3.17. The van der Waals surface area contributed by atoms with Gasteiger partial charge >= 0.3 is 0 Å². The third kappa shape index (κ3) is 2.83. The lowest BCUT2D eigenvalue weighted by Crippen LogP contribution is -2.30. The summed E-state index contributed by atoms with van der Waals surface area (Å²) in [5, 5.41) is 3.67. The topological polar surface area (TPSA) is 84.4 Å². The van der Waals surface area contributed by atoms with Gasteiger partial charge in [-0.2, -0.15) is 0 Å². The largest absolute Gasteiger partial charge is 0.359 e. The van der Waals surface area contributed by atoms with Gasteiger partial charge in [-0.15, -0.1) is 0 Å². The van der Waals surface area contributed by atoms with Crippen molar-refractivity contribution in [1.29, 1.82) is 0 Å². The fourth-order valence-corrected chi connectivity index (χ4v) is 2.15. The van der Waals surface area contributed by atoms with Crippen LogP contribution in [0.5, 0.6) is 0 Å². The van der Waals surface area contributed by atoms with E-state index in [2.05, 4.69) is 23.9 Å². The lowest BCUT2D eigenvalue weighted by atomic mass is 9.93. The number of hydrogen-bond acceptors (Lipinski definition) is 5. The van der Waals surface area contributed by atoms with E-state index in [1.54, 1.807) is 6.07 Å². The highest BCUT2D eigenvalue weighted by Crippen LogP contribution is 2.29. The molecule has 1 fully saturated rings. The summed E-state index contributed by atoms with van der Waals surface area (Å²) in [6.07, 6.45) is 1.18. The van der Waals surface area contributed by atoms with Crippen molar-refractivity contribution in [2.75, 3.05) is 13.1 Å². The van der Waals surface area contributed by atoms with E-state index >= 15 is 0 Å². The Labute approximate surface area is 100 Å². The molecule has 2 rings (SSSR count). The van der Waals surface area contributed by atoms with E-state index in [-0.39, 0.29) is 5.69 Å². The Hall–Kier alpha value is -1.40. The van der Waals surface area contributed by atoms with E-state index in [9.17, 15) is 4.79 Å². The number of amides is 1. The minimum absolute atomic E-state index is 0.223. The first-order valence-electron chi connectivity index (χ1n) is 5.69. The maximum absolute atomic E-state index is 11.2. The quantitative estimate of drug-likeness (QED) is 0.455. The maximum atomic E-state index is 11.2. The van der Waals surface area contributed by atoms with Gasteiger partial charge in [-0.25, -0.2) is 5.84 Å². The van der Waals surface area contributed by atoms with Crippen LogP contribution in [0.2, 0.25) is 0 Å². The lowest BCUT2D eigenvalue weighted by molar-refractivity contribution is 0.0944. The van der Waals surface area contributed by atoms with Crippen molar-refractivity contribution in [2.24, 2.45) is 11.3 Å². The number of likely N-dealkylation sites (tertiary alicyclic amines) is 1. The maximum Gasteiger partial charge on any atom is 0.287 e. The summed E-state index contributed by atoms with van der Waals surface area (Å²) in [7, 11) is 0. The van der Waals surface area contributed by atoms with Gasteiger partial charge in [-0.05, 0) is 18.4 Å². The monoisotopic (exact) mass is 238 g/mol. The first kappa shape index (κ1) is 12.1. The van der Waals surface area contributed by atoms with Crippen LogP contribution in [0.3, 0.4) is 0 Å². The fourth-order valence-electron chi connectivity index (χ4n) is 2.15. The second-order valence-electron chi connectivity index (χ2n) is 5.28. The third-order valence-electron chi connectivity index (χ3n) is 3.06. The molecule has 1 amide bonds. The van der Waals surface area contributed by atoms with Gasteiger partial charge in [0.2, 0.25) is 0 Å². The van der Waals surface area contributed by atoms with Crippen LogP contribution in [0.4, 0.5) is 0 Å². The van der Waals surface area contributed by atoms with Crippen molar-refractivity contribution >= 4 is 5.91 Å². The van der Waals surface area contributed by atoms with Crippen LogP contribution in [-0.2, 0) is 6.54 Å². The van der Waals surface area contributed by atoms with Crippen LogP contribution in [0.1, 0.15) is 36.5 Å². The summed E-state index contributed by atoms with van der Waals surface area (Å²) in [6, 6.07) is 1.63. The third-order valence-corrected chi connectivity index (χ3v) is 3.06. The molecular weight excluding hydrogens is 220 g/mol. The highest BCUT2D eigenvalue weighted by molar-refractivity contribution is 5.91. The lowest BCUT2D eigenvalue weighted by Gasteiger charge is -2.18. The van der Waals surface area contributed by atoms with E-state index in [0.717, 1.165) is 13.1 Å². The van der Waals surface area contributed by atoms with Crippen molar-refractivity contribution in [3.63, 3.8) is 0 Å². The summed E-state index contributed by atoms with van der Waals surface area (Å²) >= 11 is 0. The summed E-state index contributed by atoms with van der Waals surface area (Å²) in [6.45, 7) is 7.27. The SMILES string of the molecule is CC1(C)CCN(Cc2cc(C(=O)NN)no2)C1. The molecular formula is C11H18N4O2. The Morgan fingerprint density at radius 3 is 3.06 bits per heavy atom. The number of nitrogens with zero attached hydrogens (tertiary/aromatic N) is 2. The van der Waals surface area contributed by atoms with Crippen LogP contribution < -0.4 is 11.3 Å². The Bertz CT molecular complexity index is 413. The molecule has 2 heterocycles. The molecule has 17 heavy (non-hydrogen) atoms. The van der Waals surface area contributed by atoms with Crippen molar-refractivity contribution in [1.82, 2.24) is 15.5 Å². The zero-order valence-corrected chi connectivity index (χ0v) is 10.2. The molecule has 0 bridgehead atoms. The van der Waals surface area contributed by atoms with Gasteiger partial charge in [0.15, 0.2) is 11.5 Å². The van der Waals surface area contributed by atoms with Crippen molar-refractivity contribution in [3.8, 4) is 0 Å². The number of hydrogen-bond donors (Lipinski definition) is 2. The number of carbonyl (C=O) groups excluding carboxylic acids is 1. The van der Waals surface area contributed by atoms with Crippen LogP contribution in [-0.4, -0.2) is 29.1 Å². The van der Waals surface area contributed by atoms with Gasteiger partial charge in [0.25, 0.3) is 5.91 Å². The van der Waals surface area contributed by atoms with Gasteiger partial charge in [0.05, 0.1) is 6.54 Å². The number of hydrazine groups is 1. The molecule has 1 saturated heterocycles. The van der Waals surface area contributed by atoms with Crippen LogP contribution >= 0.6 is 0 Å². The molecule has 1 aliphatic heterocycles. The van der Waals surface area contributed by atoms with E-state index in [1.165, 1.54) is 6.42 Å². The normalized spacial score (nSPS) is 19.5. The Morgan fingerprint density at radius 1 is 1.71 bits per heavy atom. The van der Waals surface area contributed by atoms with Gasteiger partial charge in [-0.1, -0.05) is 19.0 Å². The standard InChI is InChI=1S/C11H18N4O2/c1-11(2)3-4-15(7-11)6-8-5-9(14-17-8)10(16)13-12/h5H,3-4,6-7,12H2,1-2H3,(H,13,16). The summed E-state index contributed by atoms with van der Waals surface area (Å²) in [5.74, 6) is 5.29. The molecule has 0 aliphatic carbocycles. The zero-order chi connectivity index (χ0) is 12.5. The number of aromatic nitrogens is 1. The van der Waals surface area contributed by atoms with Crippen molar-refractivity contribution in [3.05, 3.63) is 17.5 Å². The minimum Gasteiger partial charge on any atom is -0.359 e. The summed E-state index contributed by atoms with van der Waals surface area (Å²) < 4.78 is 5.11. The molecule has 0 spiro atoms. The second-order valence-corrected chi connectivity index (χ2v) is 5.28. The molecule has 0 radical (unpaired) electrons. The van der Waals surface area contributed by atoms with E-state index in [0.29, 0.717) is 17.7 Å². The number of nitrogens with two attached hydrogens (primary N) is 1. The second kappa shape index (κ2) is 4.46. The summed E-state index contributed by atoms with van der Waals surface area (Å²) in [4.78, 5) is 13.5. The number of nitrogens with one attached hydrogen (secondary N) is 1. The van der Waals surface area contributed by atoms with E-state index in [1.807, 2.05) is 5.43 Å². The molecule has 6 nitrogen and oxygen atoms in total. The minimum atomic E-state index is -0.429. The van der Waals surface area contributed by atoms with Gasteiger partial charge < -0.3 is 4.52 Å². The number of carbonyl (C=O) groups is 1. The number of nitrogen functional groups attached to an aromatic ring is 1. The first-order valence-corrected chi connectivity index (χ1v) is 5.69. The summed E-state index contributed by atoms with van der Waals surface area (Å²) in [5.41, 5.74) is 2.61. The fraction of sp³-hybridized carbons (Fsp3) is 0.636. The highest BCUT2D eigenvalue weighted by atomic mass is 16.5. The van der Waals surface area contributed by atoms with Crippen LogP contribution in [0.15, 0.2) is 10.6 Å². The van der Waals surface area contributed by atoms with E-state index < -0.39 is 5.91 Å². The van der Waals surface area contributed by atoms with Gasteiger partial charge in [-0.3, -0.25) is 15.1 Å². The smallest absolute Gasteiger partial charge is 0.287 e. The van der Waals surface area contributed by atoms with Gasteiger partial charge in [0.1, 0.15) is 0 Å².